The molecule has 1 aliphatic heterocycles. The number of carbonyl (C=O) groups excluding carboxylic acids is 1. The van der Waals surface area contributed by atoms with Crippen molar-refractivity contribution in [3.63, 3.8) is 0 Å². The van der Waals surface area contributed by atoms with Crippen LogP contribution in [0.5, 0.6) is 0 Å². The highest BCUT2D eigenvalue weighted by molar-refractivity contribution is 5.85. The Balaban J connectivity index is 2.32. The van der Waals surface area contributed by atoms with E-state index in [-0.39, 0.29) is 12.5 Å². The third-order valence-corrected chi connectivity index (χ3v) is 3.44. The largest absolute Gasteiger partial charge is 0.394 e. The Morgan fingerprint density at radius 1 is 1.39 bits per heavy atom. The number of rotatable bonds is 2. The molecule has 1 aliphatic rings. The maximum Gasteiger partial charge on any atom is 0.247 e. The van der Waals surface area contributed by atoms with Crippen molar-refractivity contribution in [2.24, 2.45) is 0 Å². The van der Waals surface area contributed by atoms with E-state index in [2.05, 4.69) is 6.07 Å². The predicted octanol–water partition coefficient (Wildman–Crippen LogP) is 1.02. The topological polar surface area (TPSA) is 43.8 Å². The summed E-state index contributed by atoms with van der Waals surface area (Å²) in [7, 11) is 1.80. The Kier molecular flexibility index (Phi) is 3.87. The van der Waals surface area contributed by atoms with Gasteiger partial charge in [0, 0.05) is 25.8 Å². The Labute approximate surface area is 108 Å². The lowest BCUT2D eigenvalue weighted by Gasteiger charge is -2.30. The van der Waals surface area contributed by atoms with Crippen molar-refractivity contribution in [1.82, 2.24) is 4.90 Å². The van der Waals surface area contributed by atoms with Gasteiger partial charge in [0.15, 0.2) is 0 Å². The second kappa shape index (κ2) is 5.40. The lowest BCUT2D eigenvalue weighted by molar-refractivity contribution is -0.131. The summed E-state index contributed by atoms with van der Waals surface area (Å²) in [6, 6.07) is 7.61. The summed E-state index contributed by atoms with van der Waals surface area (Å²) in [4.78, 5) is 15.9. The van der Waals surface area contributed by atoms with Gasteiger partial charge in [-0.25, -0.2) is 0 Å². The van der Waals surface area contributed by atoms with E-state index >= 15 is 0 Å². The van der Waals surface area contributed by atoms with E-state index in [0.717, 1.165) is 30.8 Å². The van der Waals surface area contributed by atoms with Crippen LogP contribution in [0.25, 0.3) is 0 Å². The molecule has 0 saturated carbocycles. The molecule has 98 valence electrons. The van der Waals surface area contributed by atoms with Crippen LogP contribution in [0.1, 0.15) is 12.0 Å². The highest BCUT2D eigenvalue weighted by atomic mass is 16.3. The standard InChI is InChI=1S/C14H20N2O2/c1-11-5-3-6-12(9-11)16-8-4-7-15(2)14(18)13(16)10-17/h3,5-6,9,13,17H,4,7-8,10H2,1-2H3. The molecule has 1 fully saturated rings. The number of hydrogen-bond acceptors (Lipinski definition) is 3. The number of nitrogens with zero attached hydrogens (tertiary/aromatic N) is 2. The summed E-state index contributed by atoms with van der Waals surface area (Å²) in [6.07, 6.45) is 0.923. The summed E-state index contributed by atoms with van der Waals surface area (Å²) in [5, 5.41) is 9.52. The molecule has 0 bridgehead atoms. The molecule has 1 heterocycles. The van der Waals surface area contributed by atoms with Crippen molar-refractivity contribution >= 4 is 11.6 Å². The van der Waals surface area contributed by atoms with Crippen LogP contribution in [0.2, 0.25) is 0 Å². The van der Waals surface area contributed by atoms with Crippen molar-refractivity contribution in [3.05, 3.63) is 29.8 Å². The smallest absolute Gasteiger partial charge is 0.247 e. The van der Waals surface area contributed by atoms with Crippen LogP contribution in [0, 0.1) is 6.92 Å². The van der Waals surface area contributed by atoms with Crippen LogP contribution in [-0.2, 0) is 4.79 Å². The van der Waals surface area contributed by atoms with Gasteiger partial charge in [0.1, 0.15) is 6.04 Å². The number of likely N-dealkylation sites (N-methyl/N-ethyl adjacent to an activating group) is 1. The minimum Gasteiger partial charge on any atom is -0.394 e. The van der Waals surface area contributed by atoms with Gasteiger partial charge in [0.05, 0.1) is 6.61 Å². The number of benzene rings is 1. The van der Waals surface area contributed by atoms with Gasteiger partial charge in [0.25, 0.3) is 0 Å². The van der Waals surface area contributed by atoms with Crippen LogP contribution in [0.3, 0.4) is 0 Å². The van der Waals surface area contributed by atoms with Crippen molar-refractivity contribution in [2.75, 3.05) is 31.6 Å². The van der Waals surface area contributed by atoms with Gasteiger partial charge in [-0.3, -0.25) is 4.79 Å². The second-order valence-electron chi connectivity index (χ2n) is 4.84. The minimum atomic E-state index is -0.459. The molecule has 4 nitrogen and oxygen atoms in total. The fourth-order valence-corrected chi connectivity index (χ4v) is 2.42. The molecular weight excluding hydrogens is 228 g/mol. The minimum absolute atomic E-state index is 0.00324. The number of anilines is 1. The quantitative estimate of drug-likeness (QED) is 0.850. The molecule has 0 aromatic heterocycles. The van der Waals surface area contributed by atoms with Gasteiger partial charge in [-0.2, -0.15) is 0 Å². The van der Waals surface area contributed by atoms with Crippen molar-refractivity contribution in [3.8, 4) is 0 Å². The maximum absolute atomic E-state index is 12.2. The van der Waals surface area contributed by atoms with Crippen LogP contribution in [0.15, 0.2) is 24.3 Å². The van der Waals surface area contributed by atoms with E-state index in [0.29, 0.717) is 0 Å². The molecule has 1 atom stereocenters. The average Bonchev–Trinajstić information content (AvgIpc) is 2.50. The van der Waals surface area contributed by atoms with Gasteiger partial charge in [-0.1, -0.05) is 12.1 Å². The third-order valence-electron chi connectivity index (χ3n) is 3.44. The molecule has 1 aromatic carbocycles. The first-order valence-corrected chi connectivity index (χ1v) is 6.32. The molecule has 18 heavy (non-hydrogen) atoms. The SMILES string of the molecule is Cc1cccc(N2CCCN(C)C(=O)C2CO)c1. The van der Waals surface area contributed by atoms with Crippen molar-refractivity contribution in [1.29, 1.82) is 0 Å². The van der Waals surface area contributed by atoms with Crippen molar-refractivity contribution in [2.45, 2.75) is 19.4 Å². The normalized spacial score (nSPS) is 21.1. The number of aryl methyl sites for hydroxylation is 1. The fraction of sp³-hybridized carbons (Fsp3) is 0.500. The first-order valence-electron chi connectivity index (χ1n) is 6.32. The van der Waals surface area contributed by atoms with Crippen LogP contribution < -0.4 is 4.90 Å². The molecule has 0 aliphatic carbocycles. The molecule has 1 saturated heterocycles. The van der Waals surface area contributed by atoms with E-state index < -0.39 is 6.04 Å². The highest BCUT2D eigenvalue weighted by Crippen LogP contribution is 2.21. The number of aliphatic hydroxyl groups is 1. The Morgan fingerprint density at radius 3 is 2.83 bits per heavy atom. The number of hydrogen-bond donors (Lipinski definition) is 1. The number of carbonyl (C=O) groups is 1. The molecule has 1 amide bonds. The lowest BCUT2D eigenvalue weighted by atomic mass is 10.1. The summed E-state index contributed by atoms with van der Waals surface area (Å²) in [5.74, 6) is -0.00324. The summed E-state index contributed by atoms with van der Waals surface area (Å²) in [5.41, 5.74) is 2.17. The zero-order chi connectivity index (χ0) is 13.1. The fourth-order valence-electron chi connectivity index (χ4n) is 2.42. The van der Waals surface area contributed by atoms with Gasteiger partial charge < -0.3 is 14.9 Å². The highest BCUT2D eigenvalue weighted by Gasteiger charge is 2.30. The van der Waals surface area contributed by atoms with Gasteiger partial charge in [-0.05, 0) is 31.0 Å². The Hall–Kier alpha value is -1.55. The van der Waals surface area contributed by atoms with Crippen LogP contribution in [-0.4, -0.2) is 48.7 Å². The van der Waals surface area contributed by atoms with Crippen LogP contribution >= 0.6 is 0 Å². The molecule has 1 N–H and O–H groups in total. The number of amides is 1. The molecule has 1 aromatic rings. The molecule has 0 spiro atoms. The summed E-state index contributed by atoms with van der Waals surface area (Å²) >= 11 is 0. The van der Waals surface area contributed by atoms with Crippen molar-refractivity contribution < 1.29 is 9.90 Å². The van der Waals surface area contributed by atoms with Gasteiger partial charge in [0.2, 0.25) is 5.91 Å². The van der Waals surface area contributed by atoms with E-state index in [4.69, 9.17) is 0 Å². The van der Waals surface area contributed by atoms with Crippen LogP contribution in [0.4, 0.5) is 5.69 Å². The maximum atomic E-state index is 12.2. The van der Waals surface area contributed by atoms with E-state index in [1.54, 1.807) is 11.9 Å². The van der Waals surface area contributed by atoms with E-state index in [1.807, 2.05) is 30.0 Å². The third kappa shape index (κ3) is 2.48. The summed E-state index contributed by atoms with van der Waals surface area (Å²) in [6.45, 7) is 3.43. The average molecular weight is 248 g/mol. The summed E-state index contributed by atoms with van der Waals surface area (Å²) < 4.78 is 0. The second-order valence-corrected chi connectivity index (χ2v) is 4.84. The van der Waals surface area contributed by atoms with Gasteiger partial charge in [-0.15, -0.1) is 0 Å². The first-order chi connectivity index (χ1) is 8.63. The molecule has 1 unspecified atom stereocenters. The molecular formula is C14H20N2O2. The zero-order valence-electron chi connectivity index (χ0n) is 11.0. The zero-order valence-corrected chi connectivity index (χ0v) is 11.0. The predicted molar refractivity (Wildman–Crippen MR) is 71.7 cm³/mol. The lowest BCUT2D eigenvalue weighted by Crippen LogP contribution is -2.47. The molecule has 2 rings (SSSR count). The van der Waals surface area contributed by atoms with E-state index in [9.17, 15) is 9.90 Å². The number of aliphatic hydroxyl groups excluding tert-OH is 1. The van der Waals surface area contributed by atoms with E-state index in [1.165, 1.54) is 0 Å². The Morgan fingerprint density at radius 2 is 2.17 bits per heavy atom. The first kappa shape index (κ1) is 12.9. The molecule has 4 heteroatoms. The molecule has 0 radical (unpaired) electrons. The monoisotopic (exact) mass is 248 g/mol. The Bertz CT molecular complexity index is 434. The van der Waals surface area contributed by atoms with Gasteiger partial charge >= 0.3 is 0 Å².